The van der Waals surface area contributed by atoms with E-state index in [9.17, 15) is 18.8 Å². The minimum absolute atomic E-state index is 0.0427. The van der Waals surface area contributed by atoms with E-state index in [1.54, 1.807) is 42.5 Å². The first-order chi connectivity index (χ1) is 19.7. The SMILES string of the molecule is C=CCc1cc(/C=C2\SC(=O)N(CC(=O)Nc3ccccc3F)C2=O)cc(OCC)c1OCc1ccc(Cl)cc1Cl. The summed E-state index contributed by atoms with van der Waals surface area (Å²) >= 11 is 13.0. The van der Waals surface area contributed by atoms with Gasteiger partial charge in [-0.05, 0) is 73.1 Å². The molecule has 3 amide bonds. The third-order valence-corrected chi connectivity index (χ3v) is 7.32. The van der Waals surface area contributed by atoms with Gasteiger partial charge in [-0.25, -0.2) is 4.39 Å². The molecule has 11 heteroatoms. The number of allylic oxidation sites excluding steroid dienone is 1. The molecule has 7 nitrogen and oxygen atoms in total. The minimum atomic E-state index is -0.701. The van der Waals surface area contributed by atoms with Crippen molar-refractivity contribution in [1.82, 2.24) is 4.90 Å². The van der Waals surface area contributed by atoms with Gasteiger partial charge in [0.2, 0.25) is 5.91 Å². The summed E-state index contributed by atoms with van der Waals surface area (Å²) in [7, 11) is 0. The number of anilines is 1. The van der Waals surface area contributed by atoms with E-state index in [1.165, 1.54) is 18.2 Å². The smallest absolute Gasteiger partial charge is 0.294 e. The number of carbonyl (C=O) groups excluding carboxylic acids is 3. The average Bonchev–Trinajstić information content (AvgIpc) is 3.18. The summed E-state index contributed by atoms with van der Waals surface area (Å²) in [4.78, 5) is 39.0. The van der Waals surface area contributed by atoms with Gasteiger partial charge in [0.25, 0.3) is 11.1 Å². The van der Waals surface area contributed by atoms with Crippen molar-refractivity contribution >= 4 is 63.8 Å². The Morgan fingerprint density at radius 3 is 2.59 bits per heavy atom. The second-order valence-corrected chi connectivity index (χ2v) is 10.6. The highest BCUT2D eigenvalue weighted by Gasteiger charge is 2.36. The summed E-state index contributed by atoms with van der Waals surface area (Å²) < 4.78 is 25.9. The van der Waals surface area contributed by atoms with Gasteiger partial charge in [0, 0.05) is 21.2 Å². The molecule has 1 N–H and O–H groups in total. The summed E-state index contributed by atoms with van der Waals surface area (Å²) in [5.74, 6) is -1.03. The molecule has 41 heavy (non-hydrogen) atoms. The first kappa shape index (κ1) is 30.2. The quantitative estimate of drug-likeness (QED) is 0.178. The number of amides is 3. The predicted octanol–water partition coefficient (Wildman–Crippen LogP) is 7.51. The van der Waals surface area contributed by atoms with Crippen LogP contribution in [0.15, 0.2) is 72.2 Å². The number of carbonyl (C=O) groups is 3. The van der Waals surface area contributed by atoms with Crippen molar-refractivity contribution in [2.75, 3.05) is 18.5 Å². The van der Waals surface area contributed by atoms with Crippen molar-refractivity contribution in [3.63, 3.8) is 0 Å². The number of nitrogens with zero attached hydrogens (tertiary/aromatic N) is 1. The molecule has 1 heterocycles. The topological polar surface area (TPSA) is 84.9 Å². The van der Waals surface area contributed by atoms with E-state index in [4.69, 9.17) is 32.7 Å². The maximum absolute atomic E-state index is 13.9. The number of nitrogens with one attached hydrogen (secondary N) is 1. The monoisotopic (exact) mass is 614 g/mol. The number of imide groups is 1. The van der Waals surface area contributed by atoms with Crippen LogP contribution in [0, 0.1) is 5.82 Å². The van der Waals surface area contributed by atoms with Gasteiger partial charge in [0.05, 0.1) is 17.2 Å². The van der Waals surface area contributed by atoms with Gasteiger partial charge >= 0.3 is 0 Å². The average molecular weight is 616 g/mol. The lowest BCUT2D eigenvalue weighted by molar-refractivity contribution is -0.127. The number of hydrogen-bond donors (Lipinski definition) is 1. The molecule has 1 fully saturated rings. The number of benzene rings is 3. The number of hydrogen-bond acceptors (Lipinski definition) is 6. The number of para-hydroxylation sites is 1. The lowest BCUT2D eigenvalue weighted by atomic mass is 10.0. The van der Waals surface area contributed by atoms with E-state index in [0.29, 0.717) is 51.9 Å². The normalized spacial score (nSPS) is 14.0. The Morgan fingerprint density at radius 2 is 1.88 bits per heavy atom. The molecule has 0 aliphatic carbocycles. The summed E-state index contributed by atoms with van der Waals surface area (Å²) in [6.45, 7) is 5.61. The molecule has 0 spiro atoms. The van der Waals surface area contributed by atoms with E-state index >= 15 is 0 Å². The molecule has 1 aliphatic heterocycles. The first-order valence-electron chi connectivity index (χ1n) is 12.5. The molecule has 1 saturated heterocycles. The standard InChI is InChI=1S/C30H25Cl2FN2O5S/c1-3-7-19-12-18(13-25(39-4-2)28(19)40-17-20-10-11-21(31)15-22(20)32)14-26-29(37)35(30(38)41-26)16-27(36)34-24-9-6-5-8-23(24)33/h3,5-6,8-15H,1,4,7,16-17H2,2H3,(H,34,36)/b26-14-. The molecular formula is C30H25Cl2FN2O5S. The fraction of sp³-hybridized carbons (Fsp3) is 0.167. The van der Waals surface area contributed by atoms with Gasteiger partial charge in [-0.15, -0.1) is 6.58 Å². The molecule has 0 atom stereocenters. The third-order valence-electron chi connectivity index (χ3n) is 5.83. The molecule has 212 valence electrons. The van der Waals surface area contributed by atoms with Gasteiger partial charge in [0.1, 0.15) is 19.0 Å². The van der Waals surface area contributed by atoms with Crippen LogP contribution < -0.4 is 14.8 Å². The molecule has 3 aromatic carbocycles. The Morgan fingerprint density at radius 1 is 1.10 bits per heavy atom. The molecule has 3 aromatic rings. The molecule has 4 rings (SSSR count). The lowest BCUT2D eigenvalue weighted by Gasteiger charge is -2.17. The summed E-state index contributed by atoms with van der Waals surface area (Å²) in [6, 6.07) is 14.3. The van der Waals surface area contributed by atoms with Crippen molar-refractivity contribution in [2.45, 2.75) is 20.0 Å². The fourth-order valence-electron chi connectivity index (χ4n) is 3.97. The molecule has 0 unspecified atom stereocenters. The molecule has 1 aliphatic rings. The highest BCUT2D eigenvalue weighted by atomic mass is 35.5. The van der Waals surface area contributed by atoms with Gasteiger partial charge in [0.15, 0.2) is 11.5 Å². The van der Waals surface area contributed by atoms with Crippen molar-refractivity contribution in [3.8, 4) is 11.5 Å². The zero-order chi connectivity index (χ0) is 29.5. The maximum Gasteiger partial charge on any atom is 0.294 e. The number of halogens is 3. The Balaban J connectivity index is 1.56. The molecule has 0 aromatic heterocycles. The number of ether oxygens (including phenoxy) is 2. The fourth-order valence-corrected chi connectivity index (χ4v) is 5.27. The summed E-state index contributed by atoms with van der Waals surface area (Å²) in [5.41, 5.74) is 2.02. The highest BCUT2D eigenvalue weighted by molar-refractivity contribution is 8.18. The van der Waals surface area contributed by atoms with E-state index in [1.807, 2.05) is 13.0 Å². The van der Waals surface area contributed by atoms with Crippen LogP contribution in [0.3, 0.4) is 0 Å². The summed E-state index contributed by atoms with van der Waals surface area (Å²) in [5, 5.41) is 2.75. The molecular weight excluding hydrogens is 590 g/mol. The zero-order valence-corrected chi connectivity index (χ0v) is 24.2. The second kappa shape index (κ2) is 13.7. The Hall–Kier alpha value is -3.79. The van der Waals surface area contributed by atoms with Gasteiger partial charge in [-0.1, -0.05) is 47.5 Å². The predicted molar refractivity (Wildman–Crippen MR) is 160 cm³/mol. The van der Waals surface area contributed by atoms with E-state index in [0.717, 1.165) is 16.0 Å². The van der Waals surface area contributed by atoms with Crippen LogP contribution in [0.4, 0.5) is 14.9 Å². The number of thioether (sulfide) groups is 1. The van der Waals surface area contributed by atoms with E-state index in [2.05, 4.69) is 11.9 Å². The Labute approximate surface area is 250 Å². The van der Waals surface area contributed by atoms with Crippen molar-refractivity contribution in [2.24, 2.45) is 0 Å². The van der Waals surface area contributed by atoms with E-state index < -0.39 is 29.4 Å². The van der Waals surface area contributed by atoms with Crippen molar-refractivity contribution in [1.29, 1.82) is 0 Å². The third kappa shape index (κ3) is 7.49. The maximum atomic E-state index is 13.9. The van der Waals surface area contributed by atoms with Gasteiger partial charge in [-0.2, -0.15) is 0 Å². The van der Waals surface area contributed by atoms with Crippen LogP contribution in [-0.4, -0.2) is 35.1 Å². The largest absolute Gasteiger partial charge is 0.490 e. The zero-order valence-electron chi connectivity index (χ0n) is 21.9. The van der Waals surface area contributed by atoms with Gasteiger partial charge < -0.3 is 14.8 Å². The molecule has 0 radical (unpaired) electrons. The van der Waals surface area contributed by atoms with E-state index in [-0.39, 0.29) is 17.2 Å². The van der Waals surface area contributed by atoms with Crippen LogP contribution in [-0.2, 0) is 22.6 Å². The molecule has 0 bridgehead atoms. The van der Waals surface area contributed by atoms with Crippen molar-refractivity contribution in [3.05, 3.63) is 105 Å². The highest BCUT2D eigenvalue weighted by Crippen LogP contribution is 2.38. The second-order valence-electron chi connectivity index (χ2n) is 8.75. The Kier molecular flexibility index (Phi) is 10.1. The van der Waals surface area contributed by atoms with Crippen LogP contribution in [0.5, 0.6) is 11.5 Å². The first-order valence-corrected chi connectivity index (χ1v) is 14.0. The minimum Gasteiger partial charge on any atom is -0.490 e. The van der Waals surface area contributed by atoms with Crippen LogP contribution in [0.25, 0.3) is 6.08 Å². The molecule has 0 saturated carbocycles. The van der Waals surface area contributed by atoms with Gasteiger partial charge in [-0.3, -0.25) is 19.3 Å². The summed E-state index contributed by atoms with van der Waals surface area (Å²) in [6.07, 6.45) is 3.69. The van der Waals surface area contributed by atoms with Crippen LogP contribution in [0.2, 0.25) is 10.0 Å². The number of rotatable bonds is 11. The van der Waals surface area contributed by atoms with Crippen LogP contribution in [0.1, 0.15) is 23.6 Å². The van der Waals surface area contributed by atoms with Crippen LogP contribution >= 0.6 is 35.0 Å². The Bertz CT molecular complexity index is 1550. The lowest BCUT2D eigenvalue weighted by Crippen LogP contribution is -2.36. The van der Waals surface area contributed by atoms with Crippen molar-refractivity contribution < 1.29 is 28.2 Å².